The van der Waals surface area contributed by atoms with Crippen LogP contribution in [0.2, 0.25) is 10.0 Å². The number of hydrogen-bond donors (Lipinski definition) is 2. The van der Waals surface area contributed by atoms with E-state index in [1.165, 1.54) is 50.7 Å². The molecule has 2 saturated carbocycles. The quantitative estimate of drug-likeness (QED) is 0.465. The number of nitrogens with one attached hydrogen (secondary N) is 1. The minimum absolute atomic E-state index is 0.179. The normalized spacial score (nSPS) is 20.3. The Labute approximate surface area is 206 Å². The summed E-state index contributed by atoms with van der Waals surface area (Å²) in [6, 6.07) is 8.13. The lowest BCUT2D eigenvalue weighted by Crippen LogP contribution is -2.30. The first-order chi connectivity index (χ1) is 16.4. The van der Waals surface area contributed by atoms with Crippen molar-refractivity contribution in [3.8, 4) is 22.9 Å². The highest BCUT2D eigenvalue weighted by molar-refractivity contribution is 6.37. The second kappa shape index (κ2) is 9.47. The molecular weight excluding hydrogens is 477 g/mol. The first-order valence-electron chi connectivity index (χ1n) is 11.6. The zero-order chi connectivity index (χ0) is 23.8. The van der Waals surface area contributed by atoms with Crippen LogP contribution >= 0.6 is 23.2 Å². The van der Waals surface area contributed by atoms with Crippen molar-refractivity contribution >= 4 is 23.2 Å². The van der Waals surface area contributed by atoms with Crippen molar-refractivity contribution in [2.45, 2.75) is 44.9 Å². The van der Waals surface area contributed by atoms with E-state index in [1.54, 1.807) is 12.1 Å². The summed E-state index contributed by atoms with van der Waals surface area (Å²) in [6.45, 7) is 0. The van der Waals surface area contributed by atoms with Crippen molar-refractivity contribution in [1.29, 1.82) is 0 Å². The highest BCUT2D eigenvalue weighted by Gasteiger charge is 2.37. The van der Waals surface area contributed by atoms with Crippen LogP contribution in [0.5, 0.6) is 17.2 Å². The monoisotopic (exact) mass is 501 g/mol. The van der Waals surface area contributed by atoms with Crippen LogP contribution < -0.4 is 16.0 Å². The number of aromatic hydroxyl groups is 1. The summed E-state index contributed by atoms with van der Waals surface area (Å²) >= 11 is 12.9. The molecule has 0 saturated heterocycles. The molecule has 9 heteroatoms. The molecule has 0 aliphatic heterocycles. The van der Waals surface area contributed by atoms with Crippen LogP contribution in [0.3, 0.4) is 0 Å². The van der Waals surface area contributed by atoms with Gasteiger partial charge in [0.2, 0.25) is 0 Å². The summed E-state index contributed by atoms with van der Waals surface area (Å²) in [7, 11) is 0. The highest BCUT2D eigenvalue weighted by Crippen LogP contribution is 2.48. The molecule has 2 aliphatic rings. The van der Waals surface area contributed by atoms with Crippen LogP contribution in [0.4, 0.5) is 0 Å². The molecule has 5 rings (SSSR count). The smallest absolute Gasteiger partial charge is 0.349 e. The summed E-state index contributed by atoms with van der Waals surface area (Å²) in [5.74, 6) is 3.20. The van der Waals surface area contributed by atoms with Gasteiger partial charge in [0.15, 0.2) is 5.75 Å². The summed E-state index contributed by atoms with van der Waals surface area (Å²) < 4.78 is 7.00. The highest BCUT2D eigenvalue weighted by atomic mass is 35.5. The van der Waals surface area contributed by atoms with Gasteiger partial charge in [-0.1, -0.05) is 36.0 Å². The minimum atomic E-state index is -0.705. The Morgan fingerprint density at radius 2 is 1.79 bits per heavy atom. The molecule has 2 atom stereocenters. The number of aromatic amines is 1. The molecule has 178 valence electrons. The van der Waals surface area contributed by atoms with Crippen molar-refractivity contribution < 1.29 is 9.84 Å². The van der Waals surface area contributed by atoms with Crippen LogP contribution in [0.1, 0.15) is 44.1 Å². The molecule has 3 aromatic rings. The van der Waals surface area contributed by atoms with E-state index < -0.39 is 11.2 Å². The number of aromatic nitrogens is 3. The first-order valence-corrected chi connectivity index (χ1v) is 12.3. The number of halogens is 2. The van der Waals surface area contributed by atoms with E-state index in [2.05, 4.69) is 10.1 Å². The van der Waals surface area contributed by atoms with E-state index in [4.69, 9.17) is 27.9 Å². The summed E-state index contributed by atoms with van der Waals surface area (Å²) in [6.07, 6.45) is 9.53. The third kappa shape index (κ3) is 4.86. The zero-order valence-corrected chi connectivity index (χ0v) is 20.0. The van der Waals surface area contributed by atoms with Gasteiger partial charge < -0.3 is 9.84 Å². The van der Waals surface area contributed by atoms with Crippen LogP contribution in [0, 0.1) is 17.8 Å². The topological polar surface area (TPSA) is 97.2 Å². The lowest BCUT2D eigenvalue weighted by molar-refractivity contribution is 0.207. The van der Waals surface area contributed by atoms with Crippen LogP contribution in [0.15, 0.2) is 46.1 Å². The Balaban J connectivity index is 1.39. The van der Waals surface area contributed by atoms with Gasteiger partial charge >= 0.3 is 5.69 Å². The summed E-state index contributed by atoms with van der Waals surface area (Å²) in [5.41, 5.74) is -0.150. The number of phenols is 1. The van der Waals surface area contributed by atoms with Crippen molar-refractivity contribution in [3.05, 3.63) is 73.0 Å². The van der Waals surface area contributed by atoms with E-state index in [0.717, 1.165) is 34.7 Å². The SMILES string of the molecule is O=c1cnn(-c2cc(Cl)c(Oc3ccc(O)c(CC4CCCCC4C4CC4)c3)c(Cl)c2)c(=O)[nH]1. The van der Waals surface area contributed by atoms with Crippen molar-refractivity contribution in [1.82, 2.24) is 14.8 Å². The number of benzene rings is 2. The van der Waals surface area contributed by atoms with E-state index in [9.17, 15) is 14.7 Å². The summed E-state index contributed by atoms with van der Waals surface area (Å²) in [5, 5.41) is 14.7. The van der Waals surface area contributed by atoms with Crippen LogP contribution in [-0.4, -0.2) is 19.9 Å². The van der Waals surface area contributed by atoms with Gasteiger partial charge in [-0.15, -0.1) is 0 Å². The van der Waals surface area contributed by atoms with E-state index >= 15 is 0 Å². The van der Waals surface area contributed by atoms with Gasteiger partial charge in [-0.3, -0.25) is 9.78 Å². The lowest BCUT2D eigenvalue weighted by Gasteiger charge is -2.32. The zero-order valence-electron chi connectivity index (χ0n) is 18.5. The Bertz CT molecular complexity index is 1310. The van der Waals surface area contributed by atoms with E-state index in [0.29, 0.717) is 17.4 Å². The van der Waals surface area contributed by atoms with Crippen molar-refractivity contribution in [2.75, 3.05) is 0 Å². The predicted octanol–water partition coefficient (Wildman–Crippen LogP) is 5.48. The van der Waals surface area contributed by atoms with Crippen LogP contribution in [0.25, 0.3) is 5.69 Å². The average molecular weight is 502 g/mol. The number of phenolic OH excluding ortho intramolecular Hbond substituents is 1. The van der Waals surface area contributed by atoms with Gasteiger partial charge in [-0.05, 0) is 85.8 Å². The Kier molecular flexibility index (Phi) is 6.40. The van der Waals surface area contributed by atoms with Crippen LogP contribution in [-0.2, 0) is 6.42 Å². The molecule has 2 aromatic carbocycles. The standard InChI is InChI=1S/C25H25Cl2N3O4/c26-20-11-17(30-25(33)29-23(32)13-28-30)12-21(27)24(20)34-18-7-8-22(31)16(10-18)9-15-3-1-2-4-19(15)14-5-6-14/h7-8,10-15,19,31H,1-6,9H2,(H,29,32,33). The van der Waals surface area contributed by atoms with Gasteiger partial charge in [-0.25, -0.2) is 4.79 Å². The number of hydrogen-bond acceptors (Lipinski definition) is 5. The fourth-order valence-electron chi connectivity index (χ4n) is 5.13. The number of ether oxygens (including phenoxy) is 1. The second-order valence-corrected chi connectivity index (χ2v) is 10.0. The molecule has 0 spiro atoms. The number of H-pyrrole nitrogens is 1. The predicted molar refractivity (Wildman–Crippen MR) is 131 cm³/mol. The fourth-order valence-corrected chi connectivity index (χ4v) is 5.68. The number of rotatable bonds is 6. The van der Waals surface area contributed by atoms with Crippen molar-refractivity contribution in [3.63, 3.8) is 0 Å². The largest absolute Gasteiger partial charge is 0.508 e. The molecule has 0 bridgehead atoms. The van der Waals surface area contributed by atoms with Gasteiger partial charge in [0.25, 0.3) is 5.56 Å². The number of nitrogens with zero attached hydrogens (tertiary/aromatic N) is 2. The molecule has 0 amide bonds. The molecule has 1 heterocycles. The van der Waals surface area contributed by atoms with Gasteiger partial charge in [-0.2, -0.15) is 9.78 Å². The molecule has 2 aliphatic carbocycles. The molecule has 2 N–H and O–H groups in total. The molecule has 2 fully saturated rings. The fraction of sp³-hybridized carbons (Fsp3) is 0.400. The van der Waals surface area contributed by atoms with Gasteiger partial charge in [0.05, 0.1) is 15.7 Å². The van der Waals surface area contributed by atoms with E-state index in [-0.39, 0.29) is 21.5 Å². The maximum Gasteiger partial charge on any atom is 0.349 e. The second-order valence-electron chi connectivity index (χ2n) is 9.23. The molecule has 0 radical (unpaired) electrons. The third-order valence-electron chi connectivity index (χ3n) is 6.89. The minimum Gasteiger partial charge on any atom is -0.508 e. The maximum absolute atomic E-state index is 12.0. The maximum atomic E-state index is 12.0. The Hall–Kier alpha value is -2.77. The lowest BCUT2D eigenvalue weighted by atomic mass is 9.74. The molecule has 1 aromatic heterocycles. The van der Waals surface area contributed by atoms with Gasteiger partial charge in [0.1, 0.15) is 17.7 Å². The molecule has 7 nitrogen and oxygen atoms in total. The average Bonchev–Trinajstić information content (AvgIpc) is 3.64. The summed E-state index contributed by atoms with van der Waals surface area (Å²) in [4.78, 5) is 25.5. The van der Waals surface area contributed by atoms with Gasteiger partial charge in [0, 0.05) is 0 Å². The third-order valence-corrected chi connectivity index (χ3v) is 7.45. The Morgan fingerprint density at radius 3 is 2.50 bits per heavy atom. The van der Waals surface area contributed by atoms with Crippen molar-refractivity contribution in [2.24, 2.45) is 17.8 Å². The van der Waals surface area contributed by atoms with E-state index in [1.807, 2.05) is 6.07 Å². The molecular formula is C25H25Cl2N3O4. The first kappa shape index (κ1) is 23.0. The Morgan fingerprint density at radius 1 is 1.06 bits per heavy atom. The molecule has 34 heavy (non-hydrogen) atoms. The molecule has 2 unspecified atom stereocenters.